The summed E-state index contributed by atoms with van der Waals surface area (Å²) in [5, 5.41) is 10.3. The highest BCUT2D eigenvalue weighted by atomic mass is 32.1. The Morgan fingerprint density at radius 1 is 1.78 bits per heavy atom. The number of rotatable bonds is 2. The highest BCUT2D eigenvalue weighted by Gasteiger charge is 1.94. The maximum atomic E-state index is 10.1. The van der Waals surface area contributed by atoms with E-state index in [4.69, 9.17) is 5.11 Å². The number of hydrogen-bond acceptors (Lipinski definition) is 3. The molecule has 2 nitrogen and oxygen atoms in total. The van der Waals surface area contributed by atoms with E-state index < -0.39 is 0 Å². The third-order valence-electron chi connectivity index (χ3n) is 0.973. The Kier molecular flexibility index (Phi) is 1.97. The van der Waals surface area contributed by atoms with Crippen LogP contribution in [0.15, 0.2) is 11.4 Å². The first-order valence-electron chi connectivity index (χ1n) is 2.50. The Morgan fingerprint density at radius 3 is 2.89 bits per heavy atom. The molecule has 0 unspecified atom stereocenters. The van der Waals surface area contributed by atoms with Gasteiger partial charge in [-0.05, 0) is 17.0 Å². The summed E-state index contributed by atoms with van der Waals surface area (Å²) in [7, 11) is 0. The number of carbonyl (C=O) groups is 1. The van der Waals surface area contributed by atoms with Crippen LogP contribution in [0.5, 0.6) is 0 Å². The van der Waals surface area contributed by atoms with E-state index in [-0.39, 0.29) is 6.61 Å². The Morgan fingerprint density at radius 2 is 2.56 bits per heavy atom. The zero-order valence-electron chi connectivity index (χ0n) is 4.70. The average Bonchev–Trinajstić information content (AvgIpc) is 2.34. The molecule has 3 heteroatoms. The second-order valence-electron chi connectivity index (χ2n) is 1.63. The quantitative estimate of drug-likeness (QED) is 0.627. The first kappa shape index (κ1) is 6.45. The molecule has 1 aromatic rings. The van der Waals surface area contributed by atoms with Crippen LogP contribution in [0.4, 0.5) is 0 Å². The van der Waals surface area contributed by atoms with Gasteiger partial charge in [-0.3, -0.25) is 4.79 Å². The van der Waals surface area contributed by atoms with Crippen molar-refractivity contribution in [1.82, 2.24) is 0 Å². The van der Waals surface area contributed by atoms with Gasteiger partial charge in [0.15, 0.2) is 6.29 Å². The number of thiophene rings is 1. The van der Waals surface area contributed by atoms with E-state index in [1.165, 1.54) is 11.3 Å². The molecule has 1 aromatic heterocycles. The molecule has 1 heterocycles. The van der Waals surface area contributed by atoms with Gasteiger partial charge in [0.2, 0.25) is 0 Å². The number of aliphatic hydroxyl groups excluding tert-OH is 1. The van der Waals surface area contributed by atoms with Gasteiger partial charge in [0.25, 0.3) is 0 Å². The van der Waals surface area contributed by atoms with Gasteiger partial charge in [-0.2, -0.15) is 0 Å². The van der Waals surface area contributed by atoms with Gasteiger partial charge in [-0.15, -0.1) is 11.3 Å². The summed E-state index contributed by atoms with van der Waals surface area (Å²) in [6.07, 6.45) is 0.782. The molecule has 0 aliphatic rings. The van der Waals surface area contributed by atoms with Crippen molar-refractivity contribution in [3.8, 4) is 0 Å². The van der Waals surface area contributed by atoms with Crippen molar-refractivity contribution in [1.29, 1.82) is 0 Å². The lowest BCUT2D eigenvalue weighted by Gasteiger charge is -1.79. The normalized spacial score (nSPS) is 9.44. The lowest BCUT2D eigenvalue weighted by molar-refractivity contribution is 0.112. The summed E-state index contributed by atoms with van der Waals surface area (Å²) in [6.45, 7) is 0.0182. The van der Waals surface area contributed by atoms with Crippen molar-refractivity contribution in [3.63, 3.8) is 0 Å². The van der Waals surface area contributed by atoms with Crippen LogP contribution in [-0.4, -0.2) is 11.4 Å². The molecule has 0 aliphatic carbocycles. The van der Waals surface area contributed by atoms with Crippen molar-refractivity contribution >= 4 is 17.6 Å². The van der Waals surface area contributed by atoms with Crippen LogP contribution >= 0.6 is 11.3 Å². The standard InChI is InChI=1S/C6H6O2S/c7-2-5-1-6(3-8)9-4-5/h1,3-4,7H,2H2. The second-order valence-corrected chi connectivity index (χ2v) is 2.58. The predicted octanol–water partition coefficient (Wildman–Crippen LogP) is 1.05. The van der Waals surface area contributed by atoms with Crippen molar-refractivity contribution in [2.45, 2.75) is 6.61 Å². The fourth-order valence-corrected chi connectivity index (χ4v) is 1.24. The number of aliphatic hydroxyl groups is 1. The summed E-state index contributed by atoms with van der Waals surface area (Å²) >= 11 is 1.35. The minimum atomic E-state index is 0.0182. The Balaban J connectivity index is 2.86. The number of aldehydes is 1. The largest absolute Gasteiger partial charge is 0.392 e. The van der Waals surface area contributed by atoms with Gasteiger partial charge in [-0.25, -0.2) is 0 Å². The van der Waals surface area contributed by atoms with E-state index >= 15 is 0 Å². The SMILES string of the molecule is O=Cc1cc(CO)cs1. The number of carbonyl (C=O) groups excluding carboxylic acids is 1. The molecule has 0 aromatic carbocycles. The molecule has 48 valence electrons. The Hall–Kier alpha value is -0.670. The molecular formula is C6H6O2S. The maximum absolute atomic E-state index is 10.1. The second kappa shape index (κ2) is 2.75. The monoisotopic (exact) mass is 142 g/mol. The van der Waals surface area contributed by atoms with Crippen molar-refractivity contribution in [2.24, 2.45) is 0 Å². The molecule has 1 rings (SSSR count). The van der Waals surface area contributed by atoms with Crippen LogP contribution in [0.2, 0.25) is 0 Å². The van der Waals surface area contributed by atoms with Gasteiger partial charge in [-0.1, -0.05) is 0 Å². The minimum absolute atomic E-state index is 0.0182. The summed E-state index contributed by atoms with van der Waals surface area (Å²) in [4.78, 5) is 10.7. The highest BCUT2D eigenvalue weighted by molar-refractivity contribution is 7.11. The lowest BCUT2D eigenvalue weighted by atomic mass is 10.3. The van der Waals surface area contributed by atoms with Crippen LogP contribution in [0.25, 0.3) is 0 Å². The highest BCUT2D eigenvalue weighted by Crippen LogP contribution is 2.11. The predicted molar refractivity (Wildman–Crippen MR) is 35.6 cm³/mol. The molecule has 1 N–H and O–H groups in total. The van der Waals surface area contributed by atoms with Gasteiger partial charge in [0, 0.05) is 0 Å². The molecule has 0 saturated heterocycles. The van der Waals surface area contributed by atoms with Crippen molar-refractivity contribution in [3.05, 3.63) is 21.9 Å². The van der Waals surface area contributed by atoms with E-state index in [2.05, 4.69) is 0 Å². The summed E-state index contributed by atoms with van der Waals surface area (Å²) in [5.41, 5.74) is 0.808. The molecule has 0 amide bonds. The first-order valence-corrected chi connectivity index (χ1v) is 3.38. The molecule has 0 bridgehead atoms. The van der Waals surface area contributed by atoms with Gasteiger partial charge in [0.05, 0.1) is 11.5 Å². The molecule has 0 radical (unpaired) electrons. The average molecular weight is 142 g/mol. The molecule has 0 atom stereocenters. The minimum Gasteiger partial charge on any atom is -0.392 e. The zero-order chi connectivity index (χ0) is 6.69. The Bertz CT molecular complexity index is 205. The van der Waals surface area contributed by atoms with Crippen LogP contribution in [0, 0.1) is 0 Å². The van der Waals surface area contributed by atoms with Crippen LogP contribution in [0.1, 0.15) is 15.2 Å². The topological polar surface area (TPSA) is 37.3 Å². The summed E-state index contributed by atoms with van der Waals surface area (Å²) < 4.78 is 0. The van der Waals surface area contributed by atoms with Crippen molar-refractivity contribution in [2.75, 3.05) is 0 Å². The molecule has 9 heavy (non-hydrogen) atoms. The summed E-state index contributed by atoms with van der Waals surface area (Å²) in [6, 6.07) is 1.68. The smallest absolute Gasteiger partial charge is 0.160 e. The molecule has 0 aliphatic heterocycles. The van der Waals surface area contributed by atoms with Gasteiger partial charge in [0.1, 0.15) is 0 Å². The first-order chi connectivity index (χ1) is 4.36. The van der Waals surface area contributed by atoms with Gasteiger partial charge >= 0.3 is 0 Å². The fraction of sp³-hybridized carbons (Fsp3) is 0.167. The lowest BCUT2D eigenvalue weighted by Crippen LogP contribution is -1.74. The third-order valence-corrected chi connectivity index (χ3v) is 1.88. The molecule has 0 saturated carbocycles. The third kappa shape index (κ3) is 1.37. The molecular weight excluding hydrogens is 136 g/mol. The Labute approximate surface area is 56.8 Å². The fourth-order valence-electron chi connectivity index (χ4n) is 0.539. The van der Waals surface area contributed by atoms with Gasteiger partial charge < -0.3 is 5.11 Å². The van der Waals surface area contributed by atoms with E-state index in [0.717, 1.165) is 11.8 Å². The molecule has 0 fully saturated rings. The van der Waals surface area contributed by atoms with E-state index in [9.17, 15) is 4.79 Å². The van der Waals surface area contributed by atoms with E-state index in [1.54, 1.807) is 11.4 Å². The van der Waals surface area contributed by atoms with Crippen LogP contribution in [0.3, 0.4) is 0 Å². The maximum Gasteiger partial charge on any atom is 0.160 e. The zero-order valence-corrected chi connectivity index (χ0v) is 5.52. The number of hydrogen-bond donors (Lipinski definition) is 1. The van der Waals surface area contributed by atoms with E-state index in [1.807, 2.05) is 0 Å². The van der Waals surface area contributed by atoms with E-state index in [0.29, 0.717) is 4.88 Å². The van der Waals surface area contributed by atoms with Crippen LogP contribution in [-0.2, 0) is 6.61 Å². The van der Waals surface area contributed by atoms with Crippen LogP contribution < -0.4 is 0 Å². The molecule has 0 spiro atoms. The van der Waals surface area contributed by atoms with Crippen molar-refractivity contribution < 1.29 is 9.90 Å². The summed E-state index contributed by atoms with van der Waals surface area (Å²) in [5.74, 6) is 0.